The zero-order valence-corrected chi connectivity index (χ0v) is 17.9. The quantitative estimate of drug-likeness (QED) is 0.395. The number of aryl methyl sites for hydroxylation is 1. The summed E-state index contributed by atoms with van der Waals surface area (Å²) in [5, 5.41) is 11.6. The smallest absolute Gasteiger partial charge is 0.193 e. The van der Waals surface area contributed by atoms with E-state index in [1.807, 2.05) is 13.4 Å². The van der Waals surface area contributed by atoms with Crippen LogP contribution in [0.4, 0.5) is 0 Å². The lowest BCUT2D eigenvalue weighted by Gasteiger charge is -2.23. The van der Waals surface area contributed by atoms with Gasteiger partial charge in [0.15, 0.2) is 5.96 Å². The number of aromatic nitrogens is 3. The fourth-order valence-electron chi connectivity index (χ4n) is 3.86. The first-order valence-electron chi connectivity index (χ1n) is 9.34. The second-order valence-corrected chi connectivity index (χ2v) is 6.88. The Hall–Kier alpha value is -0.900. The van der Waals surface area contributed by atoms with E-state index in [1.54, 1.807) is 0 Å². The maximum absolute atomic E-state index is 4.48. The lowest BCUT2D eigenvalue weighted by Crippen LogP contribution is -2.41. The average Bonchev–Trinajstić information content (AvgIpc) is 3.34. The van der Waals surface area contributed by atoms with Crippen LogP contribution in [0, 0.1) is 5.92 Å². The molecular formula is C17H32IN7. The highest BCUT2D eigenvalue weighted by Gasteiger charge is 2.27. The fourth-order valence-corrected chi connectivity index (χ4v) is 3.86. The monoisotopic (exact) mass is 461 g/mol. The Morgan fingerprint density at radius 1 is 1.32 bits per heavy atom. The summed E-state index contributed by atoms with van der Waals surface area (Å²) in [5.41, 5.74) is 0. The number of hydrogen-bond acceptors (Lipinski definition) is 4. The van der Waals surface area contributed by atoms with Gasteiger partial charge in [-0.3, -0.25) is 4.99 Å². The topological polar surface area (TPSA) is 61.6 Å². The van der Waals surface area contributed by atoms with E-state index in [1.165, 1.54) is 38.9 Å². The van der Waals surface area contributed by atoms with Gasteiger partial charge >= 0.3 is 0 Å². The Kier molecular flexibility index (Phi) is 8.41. The lowest BCUT2D eigenvalue weighted by molar-refractivity contribution is 0.281. The molecule has 0 bridgehead atoms. The molecule has 2 aliphatic heterocycles. The molecule has 2 fully saturated rings. The third-order valence-corrected chi connectivity index (χ3v) is 5.16. The molecule has 3 heterocycles. The van der Waals surface area contributed by atoms with Gasteiger partial charge in [0.1, 0.15) is 12.2 Å². The van der Waals surface area contributed by atoms with Gasteiger partial charge in [0.25, 0.3) is 0 Å². The van der Waals surface area contributed by atoms with E-state index in [0.717, 1.165) is 50.3 Å². The summed E-state index contributed by atoms with van der Waals surface area (Å²) in [4.78, 5) is 9.51. The van der Waals surface area contributed by atoms with Gasteiger partial charge in [0.2, 0.25) is 0 Å². The van der Waals surface area contributed by atoms with Crippen molar-refractivity contribution in [3.63, 3.8) is 0 Å². The van der Waals surface area contributed by atoms with Crippen molar-refractivity contribution in [2.24, 2.45) is 10.9 Å². The van der Waals surface area contributed by atoms with Crippen LogP contribution in [-0.2, 0) is 13.0 Å². The minimum Gasteiger partial charge on any atom is -0.354 e. The van der Waals surface area contributed by atoms with Gasteiger partial charge in [-0.05, 0) is 38.3 Å². The van der Waals surface area contributed by atoms with Gasteiger partial charge in [-0.15, -0.1) is 34.2 Å². The maximum Gasteiger partial charge on any atom is 0.193 e. The van der Waals surface area contributed by atoms with Crippen molar-refractivity contribution in [1.82, 2.24) is 29.9 Å². The number of likely N-dealkylation sites (tertiary alicyclic amines) is 2. The van der Waals surface area contributed by atoms with Crippen molar-refractivity contribution in [1.29, 1.82) is 0 Å². The third kappa shape index (κ3) is 5.54. The van der Waals surface area contributed by atoms with Gasteiger partial charge in [-0.25, -0.2) is 0 Å². The van der Waals surface area contributed by atoms with E-state index in [4.69, 9.17) is 0 Å². The molecule has 0 aromatic carbocycles. The van der Waals surface area contributed by atoms with Crippen LogP contribution in [0.5, 0.6) is 0 Å². The zero-order chi connectivity index (χ0) is 16.8. The number of rotatable bonds is 6. The van der Waals surface area contributed by atoms with Crippen molar-refractivity contribution in [2.45, 2.75) is 39.2 Å². The molecule has 0 saturated carbocycles. The van der Waals surface area contributed by atoms with Crippen molar-refractivity contribution in [2.75, 3.05) is 46.3 Å². The van der Waals surface area contributed by atoms with Crippen molar-refractivity contribution >= 4 is 29.9 Å². The Morgan fingerprint density at radius 2 is 2.12 bits per heavy atom. The van der Waals surface area contributed by atoms with Crippen LogP contribution in [0.3, 0.4) is 0 Å². The van der Waals surface area contributed by atoms with Gasteiger partial charge < -0.3 is 19.7 Å². The molecule has 0 aliphatic carbocycles. The summed E-state index contributed by atoms with van der Waals surface area (Å²) >= 11 is 0. The molecule has 1 unspecified atom stereocenters. The number of halogens is 1. The molecule has 142 valence electrons. The molecular weight excluding hydrogens is 429 g/mol. The molecule has 2 saturated heterocycles. The van der Waals surface area contributed by atoms with E-state index >= 15 is 0 Å². The summed E-state index contributed by atoms with van der Waals surface area (Å²) in [6.45, 7) is 9.93. The summed E-state index contributed by atoms with van der Waals surface area (Å²) in [6, 6.07) is 0. The van der Waals surface area contributed by atoms with Crippen LogP contribution in [-0.4, -0.2) is 76.8 Å². The molecule has 25 heavy (non-hydrogen) atoms. The second kappa shape index (κ2) is 10.3. The van der Waals surface area contributed by atoms with Gasteiger partial charge in [0, 0.05) is 46.2 Å². The maximum atomic E-state index is 4.48. The summed E-state index contributed by atoms with van der Waals surface area (Å²) < 4.78 is 2.11. The number of hydrogen-bond donors (Lipinski definition) is 1. The van der Waals surface area contributed by atoms with Crippen molar-refractivity contribution in [3.05, 3.63) is 12.2 Å². The molecule has 0 amide bonds. The largest absolute Gasteiger partial charge is 0.354 e. The van der Waals surface area contributed by atoms with Crippen LogP contribution in [0.2, 0.25) is 0 Å². The Labute approximate surface area is 168 Å². The number of aliphatic imine (C=N–C) groups is 1. The van der Waals surface area contributed by atoms with E-state index < -0.39 is 0 Å². The average molecular weight is 461 g/mol. The fraction of sp³-hybridized carbons (Fsp3) is 0.824. The van der Waals surface area contributed by atoms with E-state index in [2.05, 4.69) is 41.8 Å². The van der Waals surface area contributed by atoms with E-state index in [0.29, 0.717) is 0 Å². The molecule has 3 rings (SSSR count). The molecule has 0 radical (unpaired) electrons. The first kappa shape index (κ1) is 20.4. The van der Waals surface area contributed by atoms with Crippen LogP contribution in [0.15, 0.2) is 11.3 Å². The highest BCUT2D eigenvalue weighted by molar-refractivity contribution is 14.0. The Bertz CT molecular complexity index is 539. The van der Waals surface area contributed by atoms with E-state index in [9.17, 15) is 0 Å². The normalized spacial score (nSPS) is 21.6. The standard InChI is InChI=1S/C17H31N7.HI/c1-3-16-21-20-14-24(16)11-7-19-17(18-2)23-10-6-15(13-23)12-22-8-4-5-9-22;/h14-15H,3-13H2,1-2H3,(H,18,19);1H. The van der Waals surface area contributed by atoms with Crippen molar-refractivity contribution < 1.29 is 0 Å². The lowest BCUT2D eigenvalue weighted by atomic mass is 10.1. The molecule has 1 aromatic rings. The first-order valence-corrected chi connectivity index (χ1v) is 9.34. The summed E-state index contributed by atoms with van der Waals surface area (Å²) in [7, 11) is 1.88. The summed E-state index contributed by atoms with van der Waals surface area (Å²) in [5.74, 6) is 2.86. The molecule has 0 spiro atoms. The minimum atomic E-state index is 0. The molecule has 1 N–H and O–H groups in total. The highest BCUT2D eigenvalue weighted by Crippen LogP contribution is 2.19. The molecule has 1 aromatic heterocycles. The number of nitrogens with one attached hydrogen (secondary N) is 1. The number of guanidine groups is 1. The van der Waals surface area contributed by atoms with Gasteiger partial charge in [0.05, 0.1) is 0 Å². The van der Waals surface area contributed by atoms with E-state index in [-0.39, 0.29) is 24.0 Å². The van der Waals surface area contributed by atoms with Crippen LogP contribution in [0.1, 0.15) is 32.0 Å². The Balaban J connectivity index is 0.00000225. The molecule has 8 heteroatoms. The number of nitrogens with zero attached hydrogens (tertiary/aromatic N) is 6. The predicted molar refractivity (Wildman–Crippen MR) is 112 cm³/mol. The van der Waals surface area contributed by atoms with Gasteiger partial charge in [-0.2, -0.15) is 0 Å². The Morgan fingerprint density at radius 3 is 2.84 bits per heavy atom. The summed E-state index contributed by atoms with van der Waals surface area (Å²) in [6.07, 6.45) is 6.76. The van der Waals surface area contributed by atoms with Crippen LogP contribution < -0.4 is 5.32 Å². The zero-order valence-electron chi connectivity index (χ0n) is 15.5. The minimum absolute atomic E-state index is 0. The van der Waals surface area contributed by atoms with Crippen LogP contribution in [0.25, 0.3) is 0 Å². The van der Waals surface area contributed by atoms with Crippen molar-refractivity contribution in [3.8, 4) is 0 Å². The molecule has 7 nitrogen and oxygen atoms in total. The molecule has 2 aliphatic rings. The highest BCUT2D eigenvalue weighted by atomic mass is 127. The van der Waals surface area contributed by atoms with Gasteiger partial charge in [-0.1, -0.05) is 6.92 Å². The SMILES string of the molecule is CCc1nncn1CCNC(=NC)N1CCC(CN2CCCC2)C1.I. The molecule has 1 atom stereocenters. The predicted octanol–water partition coefficient (Wildman–Crippen LogP) is 1.45. The third-order valence-electron chi connectivity index (χ3n) is 5.16. The first-order chi connectivity index (χ1) is 11.8. The second-order valence-electron chi connectivity index (χ2n) is 6.88. The van der Waals surface area contributed by atoms with Crippen LogP contribution >= 0.6 is 24.0 Å².